The predicted molar refractivity (Wildman–Crippen MR) is 92.9 cm³/mol. The van der Waals surface area contributed by atoms with Crippen molar-refractivity contribution in [1.82, 2.24) is 9.55 Å². The van der Waals surface area contributed by atoms with Crippen LogP contribution in [0.25, 0.3) is 11.0 Å². The first-order valence-electron chi connectivity index (χ1n) is 8.70. The summed E-state index contributed by atoms with van der Waals surface area (Å²) in [6.07, 6.45) is 2.50. The zero-order chi connectivity index (χ0) is 17.3. The maximum atomic E-state index is 14.6. The van der Waals surface area contributed by atoms with Gasteiger partial charge in [0.05, 0.1) is 16.7 Å². The fourth-order valence-corrected chi connectivity index (χ4v) is 3.22. The molecule has 24 heavy (non-hydrogen) atoms. The predicted octanol–water partition coefficient (Wildman–Crippen LogP) is 3.19. The highest BCUT2D eigenvalue weighted by atomic mass is 19.1. The Balaban J connectivity index is 1.77. The van der Waals surface area contributed by atoms with Crippen molar-refractivity contribution in [2.45, 2.75) is 65.2 Å². The average molecular weight is 330 g/mol. The van der Waals surface area contributed by atoms with E-state index in [4.69, 9.17) is 9.31 Å². The minimum absolute atomic E-state index is 0.310. The Kier molecular flexibility index (Phi) is 3.39. The molecule has 2 aliphatic rings. The Bertz CT molecular complexity index is 795. The maximum absolute atomic E-state index is 14.6. The third-order valence-electron chi connectivity index (χ3n) is 5.68. The van der Waals surface area contributed by atoms with E-state index < -0.39 is 18.3 Å². The van der Waals surface area contributed by atoms with Gasteiger partial charge in [0.15, 0.2) is 5.82 Å². The molecular formula is C18H24BFN2O2. The van der Waals surface area contributed by atoms with Crippen molar-refractivity contribution in [3.63, 3.8) is 0 Å². The van der Waals surface area contributed by atoms with Gasteiger partial charge < -0.3 is 13.9 Å². The quantitative estimate of drug-likeness (QED) is 0.811. The fraction of sp³-hybridized carbons (Fsp3) is 0.611. The fourth-order valence-electron chi connectivity index (χ4n) is 3.22. The lowest BCUT2D eigenvalue weighted by Crippen LogP contribution is -2.41. The minimum Gasteiger partial charge on any atom is -0.399 e. The minimum atomic E-state index is -0.557. The van der Waals surface area contributed by atoms with Crippen LogP contribution in [0.5, 0.6) is 0 Å². The van der Waals surface area contributed by atoms with Crippen LogP contribution < -0.4 is 5.46 Å². The van der Waals surface area contributed by atoms with Crippen LogP contribution in [0.2, 0.25) is 0 Å². The van der Waals surface area contributed by atoms with Crippen LogP contribution in [0.3, 0.4) is 0 Å². The standard InChI is InChI=1S/C18H24BFN2O2/c1-11-21-16-14(20)8-13(9-15(16)22(11)10-12-6-7-12)19-23-17(2,3)18(4,5)24-19/h8-9,12H,6-7,10H2,1-5H3. The molecule has 0 spiro atoms. The van der Waals surface area contributed by atoms with Gasteiger partial charge in [-0.1, -0.05) is 0 Å². The van der Waals surface area contributed by atoms with E-state index in [0.717, 1.165) is 23.3 Å². The van der Waals surface area contributed by atoms with Gasteiger partial charge in [-0.3, -0.25) is 0 Å². The molecule has 1 aliphatic heterocycles. The average Bonchev–Trinajstić information content (AvgIpc) is 3.19. The van der Waals surface area contributed by atoms with Crippen LogP contribution in [0.4, 0.5) is 4.39 Å². The van der Waals surface area contributed by atoms with Crippen LogP contribution in [0.15, 0.2) is 12.1 Å². The van der Waals surface area contributed by atoms with E-state index in [-0.39, 0.29) is 5.82 Å². The number of nitrogens with zero attached hydrogens (tertiary/aromatic N) is 2. The number of aryl methyl sites for hydroxylation is 1. The molecule has 1 saturated carbocycles. The topological polar surface area (TPSA) is 36.3 Å². The third-order valence-corrected chi connectivity index (χ3v) is 5.68. The highest BCUT2D eigenvalue weighted by Gasteiger charge is 2.51. The molecule has 0 amide bonds. The van der Waals surface area contributed by atoms with Crippen molar-refractivity contribution < 1.29 is 13.7 Å². The maximum Gasteiger partial charge on any atom is 0.495 e. The Morgan fingerprint density at radius 3 is 2.42 bits per heavy atom. The summed E-state index contributed by atoms with van der Waals surface area (Å²) >= 11 is 0. The summed E-state index contributed by atoms with van der Waals surface area (Å²) < 4.78 is 28.9. The van der Waals surface area contributed by atoms with Crippen LogP contribution in [-0.4, -0.2) is 27.9 Å². The lowest BCUT2D eigenvalue weighted by atomic mass is 9.79. The lowest BCUT2D eigenvalue weighted by Gasteiger charge is -2.32. The number of hydrogen-bond donors (Lipinski definition) is 0. The monoisotopic (exact) mass is 330 g/mol. The molecule has 2 heterocycles. The lowest BCUT2D eigenvalue weighted by molar-refractivity contribution is 0.00578. The molecule has 0 radical (unpaired) electrons. The normalized spacial score (nSPS) is 22.5. The van der Waals surface area contributed by atoms with Gasteiger partial charge in [-0.25, -0.2) is 9.37 Å². The molecule has 1 saturated heterocycles. The number of halogens is 1. The number of benzene rings is 1. The van der Waals surface area contributed by atoms with Gasteiger partial charge in [0, 0.05) is 6.54 Å². The van der Waals surface area contributed by atoms with E-state index in [1.54, 1.807) is 0 Å². The Hall–Kier alpha value is -1.40. The summed E-state index contributed by atoms with van der Waals surface area (Å²) in [4.78, 5) is 4.42. The van der Waals surface area contributed by atoms with Crippen molar-refractivity contribution in [1.29, 1.82) is 0 Å². The largest absolute Gasteiger partial charge is 0.495 e. The molecule has 1 aliphatic carbocycles. The molecule has 6 heteroatoms. The number of aromatic nitrogens is 2. The summed E-state index contributed by atoms with van der Waals surface area (Å²) in [6, 6.07) is 3.47. The SMILES string of the molecule is Cc1nc2c(F)cc(B3OC(C)(C)C(C)(C)O3)cc2n1CC1CC1. The molecule has 2 fully saturated rings. The van der Waals surface area contributed by atoms with E-state index in [9.17, 15) is 4.39 Å². The zero-order valence-corrected chi connectivity index (χ0v) is 15.0. The molecule has 0 unspecified atom stereocenters. The Labute approximate surface area is 142 Å². The van der Waals surface area contributed by atoms with Crippen LogP contribution in [0, 0.1) is 18.7 Å². The second kappa shape index (κ2) is 5.05. The van der Waals surface area contributed by atoms with Crippen molar-refractivity contribution in [2.75, 3.05) is 0 Å². The second-order valence-corrected chi connectivity index (χ2v) is 8.17. The first-order valence-corrected chi connectivity index (χ1v) is 8.70. The number of fused-ring (bicyclic) bond motifs is 1. The Morgan fingerprint density at radius 1 is 1.21 bits per heavy atom. The Morgan fingerprint density at radius 2 is 1.83 bits per heavy atom. The molecule has 128 valence electrons. The van der Waals surface area contributed by atoms with Gasteiger partial charge in [0.2, 0.25) is 0 Å². The molecule has 0 bridgehead atoms. The highest BCUT2D eigenvalue weighted by molar-refractivity contribution is 6.62. The van der Waals surface area contributed by atoms with E-state index in [1.807, 2.05) is 40.7 Å². The summed E-state index contributed by atoms with van der Waals surface area (Å²) in [6.45, 7) is 10.9. The van der Waals surface area contributed by atoms with Gasteiger partial charge >= 0.3 is 7.12 Å². The summed E-state index contributed by atoms with van der Waals surface area (Å²) in [7, 11) is -0.557. The molecule has 2 aromatic rings. The van der Waals surface area contributed by atoms with Crippen molar-refractivity contribution in [3.8, 4) is 0 Å². The van der Waals surface area contributed by atoms with Crippen LogP contribution >= 0.6 is 0 Å². The van der Waals surface area contributed by atoms with E-state index in [1.165, 1.54) is 18.9 Å². The zero-order valence-electron chi connectivity index (χ0n) is 15.0. The highest BCUT2D eigenvalue weighted by Crippen LogP contribution is 2.37. The summed E-state index contributed by atoms with van der Waals surface area (Å²) in [5.41, 5.74) is 1.12. The molecule has 1 aromatic heterocycles. The first-order chi connectivity index (χ1) is 11.2. The van der Waals surface area contributed by atoms with Gasteiger partial charge in [0.25, 0.3) is 0 Å². The molecular weight excluding hydrogens is 306 g/mol. The third kappa shape index (κ3) is 2.47. The number of rotatable bonds is 3. The van der Waals surface area contributed by atoms with Crippen LogP contribution in [0.1, 0.15) is 46.4 Å². The summed E-state index contributed by atoms with van der Waals surface area (Å²) in [5, 5.41) is 0. The molecule has 4 rings (SSSR count). The van der Waals surface area contributed by atoms with Crippen molar-refractivity contribution >= 4 is 23.6 Å². The van der Waals surface area contributed by atoms with Crippen LogP contribution in [-0.2, 0) is 15.9 Å². The van der Waals surface area contributed by atoms with Gasteiger partial charge in [0.1, 0.15) is 11.3 Å². The van der Waals surface area contributed by atoms with E-state index in [0.29, 0.717) is 11.4 Å². The molecule has 0 N–H and O–H groups in total. The second-order valence-electron chi connectivity index (χ2n) is 8.17. The van der Waals surface area contributed by atoms with Crippen molar-refractivity contribution in [2.24, 2.45) is 5.92 Å². The number of hydrogen-bond acceptors (Lipinski definition) is 3. The summed E-state index contributed by atoms with van der Waals surface area (Å²) in [5.74, 6) is 1.25. The first kappa shape index (κ1) is 16.1. The molecule has 1 aromatic carbocycles. The number of imidazole rings is 1. The van der Waals surface area contributed by atoms with Gasteiger partial charge in [-0.2, -0.15) is 0 Å². The van der Waals surface area contributed by atoms with Gasteiger partial charge in [-0.15, -0.1) is 0 Å². The van der Waals surface area contributed by atoms with Crippen molar-refractivity contribution in [3.05, 3.63) is 23.8 Å². The van der Waals surface area contributed by atoms with E-state index in [2.05, 4.69) is 9.55 Å². The molecule has 0 atom stereocenters. The molecule has 4 nitrogen and oxygen atoms in total. The van der Waals surface area contributed by atoms with Gasteiger partial charge in [-0.05, 0) is 71.0 Å². The smallest absolute Gasteiger partial charge is 0.399 e. The van der Waals surface area contributed by atoms with E-state index >= 15 is 0 Å².